The minimum atomic E-state index is -4.56. The standard InChI is InChI=1S/C16H21F3N4O4/c1-9-2-4-15(5-3-9)13(26)23(14(27)20-15)21-12(25)10-6-11(24)22(7-10)8-16(17,18)19/h9-10H,2-8H2,1H3,(H,20,27)(H,21,25). The van der Waals surface area contributed by atoms with Crippen LogP contribution >= 0.6 is 0 Å². The van der Waals surface area contributed by atoms with Gasteiger partial charge in [0.05, 0.1) is 5.92 Å². The third kappa shape index (κ3) is 3.86. The summed E-state index contributed by atoms with van der Waals surface area (Å²) >= 11 is 0. The predicted octanol–water partition coefficient (Wildman–Crippen LogP) is 0.929. The number of nitrogens with one attached hydrogen (secondary N) is 2. The molecule has 150 valence electrons. The van der Waals surface area contributed by atoms with Gasteiger partial charge in [-0.2, -0.15) is 18.2 Å². The highest BCUT2D eigenvalue weighted by molar-refractivity contribution is 6.08. The fourth-order valence-corrected chi connectivity index (χ4v) is 3.83. The van der Waals surface area contributed by atoms with Crippen molar-refractivity contribution in [3.05, 3.63) is 0 Å². The van der Waals surface area contributed by atoms with Gasteiger partial charge in [0.15, 0.2) is 0 Å². The molecule has 0 bridgehead atoms. The van der Waals surface area contributed by atoms with Crippen molar-refractivity contribution in [2.75, 3.05) is 13.1 Å². The first-order valence-electron chi connectivity index (χ1n) is 8.82. The quantitative estimate of drug-likeness (QED) is 0.701. The van der Waals surface area contributed by atoms with Crippen LogP contribution in [0.3, 0.4) is 0 Å². The first kappa shape index (κ1) is 19.4. The molecule has 27 heavy (non-hydrogen) atoms. The number of hydrazine groups is 1. The van der Waals surface area contributed by atoms with Gasteiger partial charge in [-0.05, 0) is 31.6 Å². The molecule has 3 rings (SSSR count). The van der Waals surface area contributed by atoms with E-state index in [4.69, 9.17) is 0 Å². The molecule has 2 aliphatic heterocycles. The molecule has 2 heterocycles. The Morgan fingerprint density at radius 2 is 1.89 bits per heavy atom. The van der Waals surface area contributed by atoms with Crippen molar-refractivity contribution < 1.29 is 32.3 Å². The molecule has 1 atom stereocenters. The number of nitrogens with zero attached hydrogens (tertiary/aromatic N) is 2. The number of alkyl halides is 3. The summed E-state index contributed by atoms with van der Waals surface area (Å²) in [5, 5.41) is 3.22. The Hall–Kier alpha value is -2.33. The lowest BCUT2D eigenvalue weighted by Gasteiger charge is -2.33. The van der Waals surface area contributed by atoms with E-state index < -0.39 is 60.9 Å². The Balaban J connectivity index is 1.62. The van der Waals surface area contributed by atoms with Crippen LogP contribution in [0, 0.1) is 11.8 Å². The zero-order valence-electron chi connectivity index (χ0n) is 14.8. The second kappa shape index (κ2) is 6.68. The van der Waals surface area contributed by atoms with Gasteiger partial charge < -0.3 is 10.2 Å². The van der Waals surface area contributed by atoms with Crippen molar-refractivity contribution in [3.63, 3.8) is 0 Å². The third-order valence-electron chi connectivity index (χ3n) is 5.47. The number of carbonyl (C=O) groups is 4. The van der Waals surface area contributed by atoms with Crippen LogP contribution in [-0.2, 0) is 14.4 Å². The molecule has 0 aromatic heterocycles. The highest BCUT2D eigenvalue weighted by Crippen LogP contribution is 2.36. The molecule has 1 saturated carbocycles. The van der Waals surface area contributed by atoms with Crippen molar-refractivity contribution in [2.45, 2.75) is 50.7 Å². The molecule has 2 N–H and O–H groups in total. The smallest absolute Gasteiger partial charge is 0.333 e. The maximum atomic E-state index is 12.7. The van der Waals surface area contributed by atoms with Gasteiger partial charge in [0, 0.05) is 13.0 Å². The van der Waals surface area contributed by atoms with Crippen LogP contribution in [0.2, 0.25) is 0 Å². The molecule has 2 saturated heterocycles. The minimum Gasteiger partial charge on any atom is -0.333 e. The lowest BCUT2D eigenvalue weighted by Crippen LogP contribution is -2.52. The summed E-state index contributed by atoms with van der Waals surface area (Å²) in [6, 6.07) is -0.764. The van der Waals surface area contributed by atoms with Crippen LogP contribution in [0.15, 0.2) is 0 Å². The fraction of sp³-hybridized carbons (Fsp3) is 0.750. The van der Waals surface area contributed by atoms with Crippen LogP contribution in [0.25, 0.3) is 0 Å². The van der Waals surface area contributed by atoms with Crippen LogP contribution in [0.5, 0.6) is 0 Å². The highest BCUT2D eigenvalue weighted by atomic mass is 19.4. The number of halogens is 3. The number of rotatable bonds is 3. The molecule has 0 aromatic carbocycles. The fourth-order valence-electron chi connectivity index (χ4n) is 3.83. The number of hydrogen-bond acceptors (Lipinski definition) is 4. The summed E-state index contributed by atoms with van der Waals surface area (Å²) in [6.45, 7) is 0.216. The lowest BCUT2D eigenvalue weighted by atomic mass is 9.77. The van der Waals surface area contributed by atoms with E-state index in [0.717, 1.165) is 12.8 Å². The normalized spacial score (nSPS) is 31.6. The number of imide groups is 1. The van der Waals surface area contributed by atoms with E-state index in [1.165, 1.54) is 0 Å². The second-order valence-electron chi connectivity index (χ2n) is 7.60. The molecule has 1 unspecified atom stereocenters. The van der Waals surface area contributed by atoms with Crippen molar-refractivity contribution in [1.82, 2.24) is 20.7 Å². The SMILES string of the molecule is CC1CCC2(CC1)NC(=O)N(NC(=O)C1CC(=O)N(CC(F)(F)F)C1)C2=O. The molecule has 3 fully saturated rings. The van der Waals surface area contributed by atoms with Crippen molar-refractivity contribution in [2.24, 2.45) is 11.8 Å². The topological polar surface area (TPSA) is 98.8 Å². The van der Waals surface area contributed by atoms with Gasteiger partial charge >= 0.3 is 12.2 Å². The summed E-state index contributed by atoms with van der Waals surface area (Å²) < 4.78 is 37.4. The zero-order valence-corrected chi connectivity index (χ0v) is 14.8. The highest BCUT2D eigenvalue weighted by Gasteiger charge is 2.53. The maximum Gasteiger partial charge on any atom is 0.406 e. The first-order chi connectivity index (χ1) is 12.5. The lowest BCUT2D eigenvalue weighted by molar-refractivity contribution is -0.157. The molecule has 11 heteroatoms. The largest absolute Gasteiger partial charge is 0.406 e. The Kier molecular flexibility index (Phi) is 4.81. The molecule has 5 amide bonds. The Labute approximate surface area is 153 Å². The first-order valence-corrected chi connectivity index (χ1v) is 8.82. The predicted molar refractivity (Wildman–Crippen MR) is 84.6 cm³/mol. The van der Waals surface area contributed by atoms with E-state index in [0.29, 0.717) is 28.7 Å². The van der Waals surface area contributed by atoms with Gasteiger partial charge in [0.2, 0.25) is 11.8 Å². The summed E-state index contributed by atoms with van der Waals surface area (Å²) in [6.07, 6.45) is -2.50. The molecule has 0 aromatic rings. The molecular formula is C16H21F3N4O4. The van der Waals surface area contributed by atoms with E-state index in [2.05, 4.69) is 17.7 Å². The average molecular weight is 390 g/mol. The van der Waals surface area contributed by atoms with Crippen LogP contribution in [-0.4, -0.2) is 58.5 Å². The van der Waals surface area contributed by atoms with Gasteiger partial charge in [-0.15, -0.1) is 0 Å². The average Bonchev–Trinajstić information content (AvgIpc) is 3.02. The number of carbonyl (C=O) groups excluding carboxylic acids is 4. The summed E-state index contributed by atoms with van der Waals surface area (Å²) in [5.41, 5.74) is 1.14. The third-order valence-corrected chi connectivity index (χ3v) is 5.47. The maximum absolute atomic E-state index is 12.7. The second-order valence-corrected chi connectivity index (χ2v) is 7.60. The summed E-state index contributed by atoms with van der Waals surface area (Å²) in [5.74, 6) is -2.79. The van der Waals surface area contributed by atoms with Gasteiger partial charge in [0.25, 0.3) is 5.91 Å². The Bertz CT molecular complexity index is 673. The van der Waals surface area contributed by atoms with Gasteiger partial charge in [-0.3, -0.25) is 19.8 Å². The number of amides is 5. The van der Waals surface area contributed by atoms with Gasteiger partial charge in [-0.25, -0.2) is 4.79 Å². The van der Waals surface area contributed by atoms with Gasteiger partial charge in [-0.1, -0.05) is 6.92 Å². The van der Waals surface area contributed by atoms with Crippen LogP contribution in [0.1, 0.15) is 39.0 Å². The Morgan fingerprint density at radius 1 is 1.26 bits per heavy atom. The number of urea groups is 1. The van der Waals surface area contributed by atoms with E-state index in [1.807, 2.05) is 0 Å². The zero-order chi connectivity index (χ0) is 20.0. The van der Waals surface area contributed by atoms with Crippen molar-refractivity contribution >= 4 is 23.8 Å². The minimum absolute atomic E-state index is 0.395. The number of hydrogen-bond donors (Lipinski definition) is 2. The molecule has 1 spiro atoms. The molecule has 1 aliphatic carbocycles. The monoisotopic (exact) mass is 390 g/mol. The van der Waals surface area contributed by atoms with E-state index >= 15 is 0 Å². The van der Waals surface area contributed by atoms with Crippen LogP contribution in [0.4, 0.5) is 18.0 Å². The van der Waals surface area contributed by atoms with Crippen LogP contribution < -0.4 is 10.7 Å². The Morgan fingerprint density at radius 3 is 2.48 bits per heavy atom. The number of likely N-dealkylation sites (tertiary alicyclic amines) is 1. The molecular weight excluding hydrogens is 369 g/mol. The van der Waals surface area contributed by atoms with E-state index in [9.17, 15) is 32.3 Å². The summed E-state index contributed by atoms with van der Waals surface area (Å²) in [7, 11) is 0. The van der Waals surface area contributed by atoms with Crippen molar-refractivity contribution in [1.29, 1.82) is 0 Å². The van der Waals surface area contributed by atoms with E-state index in [-0.39, 0.29) is 0 Å². The summed E-state index contributed by atoms with van der Waals surface area (Å²) in [4.78, 5) is 49.4. The van der Waals surface area contributed by atoms with E-state index in [1.54, 1.807) is 0 Å². The molecule has 3 aliphatic rings. The molecule has 0 radical (unpaired) electrons. The van der Waals surface area contributed by atoms with Crippen molar-refractivity contribution in [3.8, 4) is 0 Å². The molecule has 8 nitrogen and oxygen atoms in total. The van der Waals surface area contributed by atoms with Gasteiger partial charge in [0.1, 0.15) is 12.1 Å².